The fourth-order valence-electron chi connectivity index (χ4n) is 4.93. The van der Waals surface area contributed by atoms with Crippen molar-refractivity contribution in [3.63, 3.8) is 0 Å². The number of nitrogens with zero attached hydrogens (tertiary/aromatic N) is 1. The molecule has 6 heteroatoms. The smallest absolute Gasteiger partial charge is 0.344 e. The first kappa shape index (κ1) is 21.7. The summed E-state index contributed by atoms with van der Waals surface area (Å²) in [7, 11) is 0. The van der Waals surface area contributed by atoms with E-state index in [-0.39, 0.29) is 35.0 Å². The third-order valence-electron chi connectivity index (χ3n) is 6.66. The topological polar surface area (TPSA) is 109 Å². The van der Waals surface area contributed by atoms with E-state index in [0.29, 0.717) is 10.9 Å². The van der Waals surface area contributed by atoms with Gasteiger partial charge in [-0.25, -0.2) is 4.79 Å². The van der Waals surface area contributed by atoms with Crippen molar-refractivity contribution in [2.24, 2.45) is 5.73 Å². The molecule has 0 amide bonds. The molecule has 0 fully saturated rings. The van der Waals surface area contributed by atoms with Gasteiger partial charge in [0.15, 0.2) is 5.75 Å². The Morgan fingerprint density at radius 1 is 0.944 bits per heavy atom. The van der Waals surface area contributed by atoms with Crippen LogP contribution in [0.25, 0.3) is 32.9 Å². The minimum absolute atomic E-state index is 0.0498. The van der Waals surface area contributed by atoms with E-state index in [0.717, 1.165) is 27.5 Å². The molecule has 1 aromatic heterocycles. The van der Waals surface area contributed by atoms with Gasteiger partial charge in [-0.1, -0.05) is 72.8 Å². The fourth-order valence-corrected chi connectivity index (χ4v) is 4.93. The molecule has 6 nitrogen and oxygen atoms in total. The number of hydrogen-bond acceptors (Lipinski definition) is 6. The highest BCUT2D eigenvalue weighted by Crippen LogP contribution is 2.44. The molecule has 3 N–H and O–H groups in total. The fraction of sp³-hybridized carbons (Fsp3) is 0.0667. The molecule has 1 atom stereocenters. The molecule has 6 rings (SSSR count). The van der Waals surface area contributed by atoms with E-state index in [2.05, 4.69) is 30.3 Å². The minimum Gasteiger partial charge on any atom is -0.439 e. The van der Waals surface area contributed by atoms with Gasteiger partial charge in [0, 0.05) is 0 Å². The summed E-state index contributed by atoms with van der Waals surface area (Å²) in [6.07, 6.45) is 0. The predicted molar refractivity (Wildman–Crippen MR) is 137 cm³/mol. The van der Waals surface area contributed by atoms with Crippen molar-refractivity contribution in [2.45, 2.75) is 12.5 Å². The Balaban J connectivity index is 1.52. The highest BCUT2D eigenvalue weighted by molar-refractivity contribution is 5.96. The molecule has 174 valence electrons. The van der Waals surface area contributed by atoms with E-state index in [4.69, 9.17) is 14.9 Å². The highest BCUT2D eigenvalue weighted by atomic mass is 16.5. The third-order valence-corrected chi connectivity index (χ3v) is 6.66. The van der Waals surface area contributed by atoms with Crippen LogP contribution in [0.1, 0.15) is 22.6 Å². The van der Waals surface area contributed by atoms with Gasteiger partial charge in [0.05, 0.1) is 23.5 Å². The Hall–Kier alpha value is -4.86. The molecule has 5 aromatic rings. The van der Waals surface area contributed by atoms with Crippen molar-refractivity contribution in [1.82, 2.24) is 0 Å². The SMILES string of the molecule is N#CC1=C(N)Oc2c(c(=O)oc3cc(CO)ccc23)C1c1ccc(-c2cccc3ccccc23)cc1. The van der Waals surface area contributed by atoms with Crippen LogP contribution in [0.4, 0.5) is 0 Å². The number of rotatable bonds is 3. The molecule has 0 bridgehead atoms. The van der Waals surface area contributed by atoms with Crippen LogP contribution < -0.4 is 16.1 Å². The minimum atomic E-state index is -0.738. The van der Waals surface area contributed by atoms with Gasteiger partial charge in [-0.3, -0.25) is 0 Å². The van der Waals surface area contributed by atoms with Crippen LogP contribution in [0.5, 0.6) is 5.75 Å². The summed E-state index contributed by atoms with van der Waals surface area (Å²) in [6, 6.07) is 29.3. The van der Waals surface area contributed by atoms with Gasteiger partial charge in [0.1, 0.15) is 17.2 Å². The maximum Gasteiger partial charge on any atom is 0.344 e. The lowest BCUT2D eigenvalue weighted by molar-refractivity contribution is 0.282. The normalized spacial score (nSPS) is 14.9. The number of nitriles is 1. The van der Waals surface area contributed by atoms with Crippen LogP contribution in [0.15, 0.2) is 106 Å². The number of aliphatic hydroxyl groups is 1. The van der Waals surface area contributed by atoms with Crippen LogP contribution in [-0.2, 0) is 6.61 Å². The summed E-state index contributed by atoms with van der Waals surface area (Å²) in [4.78, 5) is 13.2. The zero-order chi connectivity index (χ0) is 24.8. The molecular formula is C30H20N2O4. The third kappa shape index (κ3) is 3.34. The average molecular weight is 473 g/mol. The molecule has 0 radical (unpaired) electrons. The van der Waals surface area contributed by atoms with Crippen LogP contribution in [0, 0.1) is 11.3 Å². The summed E-state index contributed by atoms with van der Waals surface area (Å²) in [5.74, 6) is -0.518. The molecule has 1 aliphatic rings. The lowest BCUT2D eigenvalue weighted by atomic mass is 9.83. The first-order valence-corrected chi connectivity index (χ1v) is 11.4. The van der Waals surface area contributed by atoms with Gasteiger partial charge < -0.3 is 20.0 Å². The molecule has 2 heterocycles. The van der Waals surface area contributed by atoms with Crippen molar-refractivity contribution >= 4 is 21.7 Å². The maximum atomic E-state index is 13.2. The highest BCUT2D eigenvalue weighted by Gasteiger charge is 2.35. The van der Waals surface area contributed by atoms with Crippen molar-refractivity contribution in [3.05, 3.63) is 123 Å². The zero-order valence-corrected chi connectivity index (χ0v) is 19.1. The van der Waals surface area contributed by atoms with E-state index in [1.165, 1.54) is 0 Å². The van der Waals surface area contributed by atoms with Crippen LogP contribution in [0.3, 0.4) is 0 Å². The Bertz CT molecular complexity index is 1790. The number of nitrogens with two attached hydrogens (primary N) is 1. The molecule has 4 aromatic carbocycles. The summed E-state index contributed by atoms with van der Waals surface area (Å²) in [5.41, 5.74) is 9.65. The zero-order valence-electron chi connectivity index (χ0n) is 19.1. The predicted octanol–water partition coefficient (Wildman–Crippen LogP) is 5.32. The van der Waals surface area contributed by atoms with Crippen molar-refractivity contribution in [2.75, 3.05) is 0 Å². The van der Waals surface area contributed by atoms with Crippen LogP contribution >= 0.6 is 0 Å². The Morgan fingerprint density at radius 3 is 2.50 bits per heavy atom. The lowest BCUT2D eigenvalue weighted by Crippen LogP contribution is -2.26. The Kier molecular flexibility index (Phi) is 5.06. The number of allylic oxidation sites excluding steroid dienone is 1. The molecule has 0 spiro atoms. The maximum absolute atomic E-state index is 13.2. The monoisotopic (exact) mass is 472 g/mol. The average Bonchev–Trinajstić information content (AvgIpc) is 2.92. The van der Waals surface area contributed by atoms with Gasteiger partial charge in [-0.15, -0.1) is 0 Å². The van der Waals surface area contributed by atoms with Gasteiger partial charge in [-0.05, 0) is 45.2 Å². The number of fused-ring (bicyclic) bond motifs is 4. The standard InChI is InChI=1S/C30H20N2O4/c31-15-24-26(20-11-9-19(10-12-20)22-7-3-5-18-4-1-2-6-21(18)22)27-28(36-29(24)32)23-13-8-17(16-33)14-25(23)35-30(27)34/h1-14,26,33H,16,32H2. The lowest BCUT2D eigenvalue weighted by Gasteiger charge is -2.26. The first-order chi connectivity index (χ1) is 17.6. The summed E-state index contributed by atoms with van der Waals surface area (Å²) in [6.45, 7) is -0.191. The molecular weight excluding hydrogens is 452 g/mol. The largest absolute Gasteiger partial charge is 0.439 e. The van der Waals surface area contributed by atoms with Gasteiger partial charge in [-0.2, -0.15) is 5.26 Å². The number of ether oxygens (including phenoxy) is 1. The van der Waals surface area contributed by atoms with Gasteiger partial charge >= 0.3 is 5.63 Å². The number of aliphatic hydroxyl groups excluding tert-OH is 1. The second-order valence-corrected chi connectivity index (χ2v) is 8.69. The Morgan fingerprint density at radius 2 is 1.72 bits per heavy atom. The van der Waals surface area contributed by atoms with Crippen molar-refractivity contribution in [3.8, 4) is 22.9 Å². The second-order valence-electron chi connectivity index (χ2n) is 8.69. The van der Waals surface area contributed by atoms with Crippen LogP contribution in [0.2, 0.25) is 0 Å². The summed E-state index contributed by atoms with van der Waals surface area (Å²) in [5, 5.41) is 22.2. The quantitative estimate of drug-likeness (QED) is 0.344. The first-order valence-electron chi connectivity index (χ1n) is 11.4. The van der Waals surface area contributed by atoms with E-state index in [9.17, 15) is 15.2 Å². The van der Waals surface area contributed by atoms with E-state index in [1.807, 2.05) is 42.5 Å². The molecule has 36 heavy (non-hydrogen) atoms. The van der Waals surface area contributed by atoms with E-state index >= 15 is 0 Å². The Labute approximate surface area is 206 Å². The molecule has 1 aliphatic heterocycles. The van der Waals surface area contributed by atoms with Crippen molar-refractivity contribution in [1.29, 1.82) is 5.26 Å². The van der Waals surface area contributed by atoms with E-state index < -0.39 is 11.5 Å². The van der Waals surface area contributed by atoms with Crippen LogP contribution in [-0.4, -0.2) is 5.11 Å². The number of hydrogen-bond donors (Lipinski definition) is 2. The second kappa shape index (κ2) is 8.42. The molecule has 0 saturated carbocycles. The van der Waals surface area contributed by atoms with Gasteiger partial charge in [0.25, 0.3) is 0 Å². The summed E-state index contributed by atoms with van der Waals surface area (Å²) < 4.78 is 11.4. The molecule has 0 saturated heterocycles. The summed E-state index contributed by atoms with van der Waals surface area (Å²) >= 11 is 0. The molecule has 1 unspecified atom stereocenters. The van der Waals surface area contributed by atoms with Gasteiger partial charge in [0.2, 0.25) is 5.88 Å². The number of benzene rings is 4. The molecule has 0 aliphatic carbocycles. The van der Waals surface area contributed by atoms with Crippen molar-refractivity contribution < 1.29 is 14.3 Å². The van der Waals surface area contributed by atoms with E-state index in [1.54, 1.807) is 18.2 Å².